The molecule has 10 bridgehead atoms. The van der Waals surface area contributed by atoms with Gasteiger partial charge in [0.2, 0.25) is 0 Å². The van der Waals surface area contributed by atoms with E-state index in [1.54, 1.807) is 41.0 Å². The molecule has 10 aromatic rings. The van der Waals surface area contributed by atoms with Crippen molar-refractivity contribution in [3.05, 3.63) is 205 Å². The number of rotatable bonds is 1. The number of para-hydroxylation sites is 4. The van der Waals surface area contributed by atoms with Crippen LogP contribution in [0.15, 0.2) is 188 Å². The van der Waals surface area contributed by atoms with E-state index in [1.165, 1.54) is 12.3 Å². The minimum Gasteiger partial charge on any atom is -0.457 e. The van der Waals surface area contributed by atoms with E-state index in [2.05, 4.69) is 9.80 Å². The van der Waals surface area contributed by atoms with Crippen molar-refractivity contribution >= 4 is 44.6 Å². The molecule has 69 heavy (non-hydrogen) atoms. The molecule has 6 nitrogen and oxygen atoms in total. The Morgan fingerprint density at radius 2 is 1.22 bits per heavy atom. The van der Waals surface area contributed by atoms with Crippen molar-refractivity contribution < 1.29 is 23.2 Å². The van der Waals surface area contributed by atoms with Crippen LogP contribution in [0.2, 0.25) is 0 Å². The Morgan fingerprint density at radius 1 is 0.536 bits per heavy atom. The van der Waals surface area contributed by atoms with Crippen molar-refractivity contribution in [1.82, 2.24) is 9.55 Å². The van der Waals surface area contributed by atoms with Gasteiger partial charge in [-0.1, -0.05) is 138 Å². The van der Waals surface area contributed by atoms with Gasteiger partial charge >= 0.3 is 0 Å². The van der Waals surface area contributed by atoms with Gasteiger partial charge in [0.15, 0.2) is 0 Å². The molecule has 14 rings (SSSR count). The maximum Gasteiger partial charge on any atom is 0.137 e. The van der Waals surface area contributed by atoms with Gasteiger partial charge in [-0.25, -0.2) is 4.98 Å². The molecule has 4 aliphatic heterocycles. The van der Waals surface area contributed by atoms with E-state index in [-0.39, 0.29) is 71.4 Å². The molecule has 0 unspecified atom stereocenters. The molecule has 2 aromatic heterocycles. The first-order chi connectivity index (χ1) is 37.5. The topological polar surface area (TPSA) is 42.8 Å². The minimum atomic E-state index is -2.63. The fourth-order valence-corrected chi connectivity index (χ4v) is 9.42. The first-order valence-corrected chi connectivity index (χ1v) is 23.1. The van der Waals surface area contributed by atoms with Gasteiger partial charge in [-0.3, -0.25) is 4.57 Å². The highest BCUT2D eigenvalue weighted by Gasteiger charge is 2.32. The van der Waals surface area contributed by atoms with Gasteiger partial charge in [0.1, 0.15) is 35.5 Å². The number of hydrogen-bond acceptors (Lipinski definition) is 5. The summed E-state index contributed by atoms with van der Waals surface area (Å²) in [6.45, 7) is 9.06. The van der Waals surface area contributed by atoms with Crippen LogP contribution in [0.1, 0.15) is 71.9 Å². The van der Waals surface area contributed by atoms with Crippen molar-refractivity contribution in [3.63, 3.8) is 0 Å². The van der Waals surface area contributed by atoms with Crippen LogP contribution < -0.4 is 19.3 Å². The monoisotopic (exact) mass is 908 g/mol. The van der Waals surface area contributed by atoms with E-state index in [9.17, 15) is 9.60 Å². The first-order valence-electron chi connectivity index (χ1n) is 28.1. The first kappa shape index (κ1) is 32.6. The van der Waals surface area contributed by atoms with Crippen LogP contribution in [0.5, 0.6) is 23.0 Å². The van der Waals surface area contributed by atoms with Crippen molar-refractivity contribution in [2.45, 2.75) is 59.2 Å². The summed E-state index contributed by atoms with van der Waals surface area (Å²) >= 11 is 0. The average Bonchev–Trinajstić information content (AvgIpc) is 3.74. The van der Waals surface area contributed by atoms with Gasteiger partial charge < -0.3 is 19.3 Å². The van der Waals surface area contributed by atoms with Gasteiger partial charge in [-0.15, -0.1) is 0 Å². The summed E-state index contributed by atoms with van der Waals surface area (Å²) in [6.07, 6.45) is 1.51. The van der Waals surface area contributed by atoms with Gasteiger partial charge in [0.05, 0.1) is 37.7 Å². The lowest BCUT2D eigenvalue weighted by atomic mass is 9.86. The standard InChI is InChI=1S/C63H54N4O2/c1-40-34-60-64-38-54(40)42-24-29-46(30-25-42)69-59-21-11-8-16-51(59)52-18-13-17-49(41-22-26-43(27-23-41)62(2,3)4)61(52)66-39-65(56-19-9-10-20-57(56)66)45-14-12-15-47(36-45)68-48-31-32-50-53-35-44(63(5,6)7)28-33-55(53)67(60)58(50)37-48/h8-38H,39H2,1-7H3/i1D3,22D,23D,26D,27D,28D,33D,35D. The zero-order valence-electron chi connectivity index (χ0n) is 49.2. The molecule has 6 heteroatoms. The van der Waals surface area contributed by atoms with Gasteiger partial charge in [-0.05, 0) is 118 Å². The summed E-state index contributed by atoms with van der Waals surface area (Å²) in [4.78, 5) is 9.21. The molecule has 0 spiro atoms. The third-order valence-corrected chi connectivity index (χ3v) is 13.0. The number of benzene rings is 8. The third-order valence-electron chi connectivity index (χ3n) is 13.0. The second-order valence-electron chi connectivity index (χ2n) is 19.7. The van der Waals surface area contributed by atoms with E-state index in [0.717, 1.165) is 17.1 Å². The molecule has 0 radical (unpaired) electrons. The fourth-order valence-electron chi connectivity index (χ4n) is 9.42. The van der Waals surface area contributed by atoms with Crippen LogP contribution in [0.4, 0.5) is 22.7 Å². The Hall–Kier alpha value is -8.09. The van der Waals surface area contributed by atoms with Gasteiger partial charge in [0.25, 0.3) is 0 Å². The van der Waals surface area contributed by atoms with Crippen LogP contribution >= 0.6 is 0 Å². The molecule has 0 atom stereocenters. The highest BCUT2D eigenvalue weighted by molar-refractivity contribution is 6.10. The second kappa shape index (κ2) is 16.0. The predicted molar refractivity (Wildman–Crippen MR) is 286 cm³/mol. The maximum absolute atomic E-state index is 9.64. The summed E-state index contributed by atoms with van der Waals surface area (Å²) in [7, 11) is 0. The third kappa shape index (κ3) is 7.39. The van der Waals surface area contributed by atoms with E-state index in [1.807, 2.05) is 139 Å². The number of nitrogens with zero attached hydrogens (tertiary/aromatic N) is 4. The van der Waals surface area contributed by atoms with E-state index in [0.29, 0.717) is 83.9 Å². The van der Waals surface area contributed by atoms with Crippen LogP contribution in [0.3, 0.4) is 0 Å². The number of hydrogen-bond donors (Lipinski definition) is 0. The lowest BCUT2D eigenvalue weighted by molar-refractivity contribution is 0.483. The van der Waals surface area contributed by atoms with Crippen LogP contribution in [0.25, 0.3) is 61.0 Å². The zero-order valence-corrected chi connectivity index (χ0v) is 39.2. The minimum absolute atomic E-state index is 0.00283. The Kier molecular flexibility index (Phi) is 7.57. The molecule has 0 saturated carbocycles. The SMILES string of the molecule is [2H]c1c([2H])c(C(C)(C)C)c([2H])c([2H])c1-c1cccc2c1N1CN(c3cccc(c3)Oc3ccc4c5c([2H])c(C(C)(C)C)c([2H])c([2H])c5n(c4c3)-c3cc(C([2H])([2H])[2H])c(cn3)-c3ccc(cc3)Oc3ccccc3-2)c2ccccc21. The highest BCUT2D eigenvalue weighted by atomic mass is 16.5. The molecule has 0 N–H and O–H groups in total. The molecular formula is C63H54N4O2. The summed E-state index contributed by atoms with van der Waals surface area (Å²) in [6, 6.07) is 42.4. The maximum atomic E-state index is 9.64. The zero-order chi connectivity index (χ0) is 55.8. The molecule has 338 valence electrons. The summed E-state index contributed by atoms with van der Waals surface area (Å²) in [5.74, 6) is 2.03. The number of aryl methyl sites for hydroxylation is 1. The Labute approximate surface area is 418 Å². The van der Waals surface area contributed by atoms with E-state index in [4.69, 9.17) is 18.6 Å². The molecule has 0 amide bonds. The molecule has 0 fully saturated rings. The highest BCUT2D eigenvalue weighted by Crippen LogP contribution is 2.52. The Morgan fingerprint density at radius 3 is 2.00 bits per heavy atom. The lowest BCUT2D eigenvalue weighted by Crippen LogP contribution is -2.25. The number of aromatic nitrogens is 2. The number of pyridine rings is 1. The summed E-state index contributed by atoms with van der Waals surface area (Å²) in [5, 5.41) is 1.04. The van der Waals surface area contributed by atoms with E-state index < -0.39 is 17.7 Å². The molecule has 0 saturated heterocycles. The quantitative estimate of drug-likeness (QED) is 0.164. The molecule has 0 aliphatic carbocycles. The average molecular weight is 909 g/mol. The normalized spacial score (nSPS) is 15.5. The van der Waals surface area contributed by atoms with Gasteiger partial charge in [0, 0.05) is 61.2 Å². The summed E-state index contributed by atoms with van der Waals surface area (Å²) < 4.78 is 108. The van der Waals surface area contributed by atoms with Crippen LogP contribution in [-0.4, -0.2) is 16.2 Å². The lowest BCUT2D eigenvalue weighted by Gasteiger charge is -2.28. The molecule has 4 aliphatic rings. The van der Waals surface area contributed by atoms with Crippen LogP contribution in [-0.2, 0) is 10.8 Å². The van der Waals surface area contributed by atoms with Crippen molar-refractivity contribution in [3.8, 4) is 62.2 Å². The van der Waals surface area contributed by atoms with Crippen LogP contribution in [0, 0.1) is 6.85 Å². The van der Waals surface area contributed by atoms with E-state index >= 15 is 0 Å². The molecular weight excluding hydrogens is 845 g/mol. The fraction of sp³-hybridized carbons (Fsp3) is 0.159. The van der Waals surface area contributed by atoms with Crippen molar-refractivity contribution in [1.29, 1.82) is 0 Å². The van der Waals surface area contributed by atoms with Crippen molar-refractivity contribution in [2.24, 2.45) is 0 Å². The number of ether oxygens (including phenoxy) is 2. The van der Waals surface area contributed by atoms with Gasteiger partial charge in [-0.2, -0.15) is 0 Å². The number of anilines is 4. The Balaban J connectivity index is 1.12. The largest absolute Gasteiger partial charge is 0.457 e. The summed E-state index contributed by atoms with van der Waals surface area (Å²) in [5.41, 5.74) is 6.22. The Bertz CT molecular complexity index is 4150. The molecule has 6 heterocycles. The predicted octanol–water partition coefficient (Wildman–Crippen LogP) is 17.2. The second-order valence-corrected chi connectivity index (χ2v) is 19.7. The number of fused-ring (bicyclic) bond motifs is 5. The van der Waals surface area contributed by atoms with Crippen molar-refractivity contribution in [2.75, 3.05) is 16.5 Å². The molecule has 8 aromatic carbocycles. The smallest absolute Gasteiger partial charge is 0.137 e.